The second kappa shape index (κ2) is 5.02. The molecule has 0 saturated carbocycles. The van der Waals surface area contributed by atoms with Crippen LogP contribution in [-0.2, 0) is 9.59 Å². The fraction of sp³-hybridized carbons (Fsp3) is 0.412. The number of hydrogen-bond donors (Lipinski definition) is 1. The first-order chi connectivity index (χ1) is 9.64. The molecule has 0 saturated heterocycles. The van der Waals surface area contributed by atoms with Crippen LogP contribution < -0.4 is 4.90 Å². The first-order valence-electron chi connectivity index (χ1n) is 6.99. The molecule has 2 rings (SSSR count). The van der Waals surface area contributed by atoms with Crippen molar-refractivity contribution in [1.29, 1.82) is 0 Å². The lowest BCUT2D eigenvalue weighted by Crippen LogP contribution is -2.45. The molecule has 0 bridgehead atoms. The quantitative estimate of drug-likeness (QED) is 0.909. The molecule has 0 aliphatic carbocycles. The number of nitrogens with zero attached hydrogens (tertiary/aromatic N) is 1. The Balaban J connectivity index is 2.58. The highest BCUT2D eigenvalue weighted by molar-refractivity contribution is 6.16. The lowest BCUT2D eigenvalue weighted by molar-refractivity contribution is -0.117. The second-order valence-electron chi connectivity index (χ2n) is 6.60. The Morgan fingerprint density at radius 1 is 1.19 bits per heavy atom. The van der Waals surface area contributed by atoms with Gasteiger partial charge in [0.15, 0.2) is 11.5 Å². The Kier molecular flexibility index (Phi) is 3.66. The Morgan fingerprint density at radius 3 is 2.14 bits per heavy atom. The van der Waals surface area contributed by atoms with Gasteiger partial charge in [0.1, 0.15) is 0 Å². The third kappa shape index (κ3) is 2.58. The zero-order chi connectivity index (χ0) is 15.9. The summed E-state index contributed by atoms with van der Waals surface area (Å²) in [4.78, 5) is 25.8. The fourth-order valence-electron chi connectivity index (χ4n) is 2.76. The van der Waals surface area contributed by atoms with E-state index in [1.807, 2.05) is 52.0 Å². The number of amides is 1. The molecular weight excluding hydrogens is 266 g/mol. The predicted octanol–water partition coefficient (Wildman–Crippen LogP) is 3.16. The monoisotopic (exact) mass is 287 g/mol. The van der Waals surface area contributed by atoms with E-state index in [1.165, 1.54) is 11.8 Å². The van der Waals surface area contributed by atoms with E-state index in [9.17, 15) is 14.7 Å². The van der Waals surface area contributed by atoms with Gasteiger partial charge in [0, 0.05) is 5.69 Å². The zero-order valence-electron chi connectivity index (χ0n) is 13.1. The summed E-state index contributed by atoms with van der Waals surface area (Å²) in [6, 6.07) is 7.02. The van der Waals surface area contributed by atoms with Gasteiger partial charge in [-0.2, -0.15) is 0 Å². The molecule has 1 atom stereocenters. The Morgan fingerprint density at radius 2 is 1.71 bits per heavy atom. The van der Waals surface area contributed by atoms with Gasteiger partial charge in [0.25, 0.3) is 5.91 Å². The van der Waals surface area contributed by atoms with E-state index in [-0.39, 0.29) is 16.8 Å². The summed E-state index contributed by atoms with van der Waals surface area (Å²) in [7, 11) is 0. The molecule has 1 aromatic rings. The number of benzene rings is 1. The van der Waals surface area contributed by atoms with Crippen molar-refractivity contribution in [3.05, 3.63) is 41.2 Å². The number of hydrogen-bond acceptors (Lipinski definition) is 3. The molecule has 1 amide bonds. The van der Waals surface area contributed by atoms with Crippen molar-refractivity contribution >= 4 is 17.4 Å². The summed E-state index contributed by atoms with van der Waals surface area (Å²) in [5, 5.41) is 10.1. The van der Waals surface area contributed by atoms with Gasteiger partial charge in [0.2, 0.25) is 0 Å². The predicted molar refractivity (Wildman–Crippen MR) is 82.2 cm³/mol. The van der Waals surface area contributed by atoms with Gasteiger partial charge >= 0.3 is 0 Å². The minimum absolute atomic E-state index is 0.202. The van der Waals surface area contributed by atoms with Gasteiger partial charge in [0.05, 0.1) is 11.6 Å². The number of rotatable bonds is 2. The molecule has 1 unspecified atom stereocenters. The van der Waals surface area contributed by atoms with Crippen molar-refractivity contribution in [3.8, 4) is 0 Å². The molecule has 0 fully saturated rings. The maximum absolute atomic E-state index is 12.4. The molecular formula is C17H21NO3. The summed E-state index contributed by atoms with van der Waals surface area (Å²) in [5.74, 6) is -1.21. The van der Waals surface area contributed by atoms with E-state index < -0.39 is 17.7 Å². The number of aryl methyl sites for hydroxylation is 1. The molecule has 1 aromatic carbocycles. The van der Waals surface area contributed by atoms with Crippen molar-refractivity contribution in [2.75, 3.05) is 4.90 Å². The Labute approximate surface area is 125 Å². The number of carbonyl (C=O) groups excluding carboxylic acids is 2. The summed E-state index contributed by atoms with van der Waals surface area (Å²) in [6.07, 6.45) is 0. The fourth-order valence-corrected chi connectivity index (χ4v) is 2.76. The van der Waals surface area contributed by atoms with Crippen LogP contribution in [-0.4, -0.2) is 22.8 Å². The van der Waals surface area contributed by atoms with Crippen LogP contribution in [0, 0.1) is 12.3 Å². The van der Waals surface area contributed by atoms with Crippen molar-refractivity contribution in [1.82, 2.24) is 0 Å². The Bertz CT molecular complexity index is 620. The van der Waals surface area contributed by atoms with Crippen molar-refractivity contribution in [2.45, 2.75) is 40.7 Å². The number of aliphatic hydroxyl groups excluding tert-OH is 1. The summed E-state index contributed by atoms with van der Waals surface area (Å²) in [6.45, 7) is 9.21. The van der Waals surface area contributed by atoms with Crippen LogP contribution in [0.25, 0.3) is 0 Å². The number of Topliss-reactive ketones (excluding diaryl/α,β-unsaturated/α-hetero) is 1. The minimum atomic E-state index is -0.510. The van der Waals surface area contributed by atoms with E-state index in [4.69, 9.17) is 0 Å². The molecule has 0 radical (unpaired) electrons. The van der Waals surface area contributed by atoms with Gasteiger partial charge in [-0.25, -0.2) is 0 Å². The van der Waals surface area contributed by atoms with E-state index in [0.717, 1.165) is 5.56 Å². The normalized spacial score (nSPS) is 19.4. The SMILES string of the molecule is CC(=O)C1=C(O)C(=O)N(c2ccc(C)cc2)C1C(C)(C)C. The first-order valence-corrected chi connectivity index (χ1v) is 6.99. The average Bonchev–Trinajstić information content (AvgIpc) is 2.63. The summed E-state index contributed by atoms with van der Waals surface area (Å²) in [5.41, 5.74) is 1.61. The molecule has 0 aromatic heterocycles. The molecule has 1 heterocycles. The standard InChI is InChI=1S/C17H21NO3/c1-10-6-8-12(9-7-10)18-15(17(3,4)5)13(11(2)19)14(20)16(18)21/h6-9,15,20H,1-5H3. The highest BCUT2D eigenvalue weighted by Crippen LogP contribution is 2.40. The van der Waals surface area contributed by atoms with Crippen LogP contribution in [0.4, 0.5) is 5.69 Å². The molecule has 1 aliphatic rings. The maximum atomic E-state index is 12.4. The van der Waals surface area contributed by atoms with Crippen LogP contribution >= 0.6 is 0 Å². The van der Waals surface area contributed by atoms with Crippen LogP contribution in [0.1, 0.15) is 33.3 Å². The minimum Gasteiger partial charge on any atom is -0.503 e. The third-order valence-electron chi connectivity index (χ3n) is 3.72. The largest absolute Gasteiger partial charge is 0.503 e. The lowest BCUT2D eigenvalue weighted by atomic mass is 9.81. The van der Waals surface area contributed by atoms with Gasteiger partial charge in [-0.3, -0.25) is 14.5 Å². The van der Waals surface area contributed by atoms with E-state index >= 15 is 0 Å². The van der Waals surface area contributed by atoms with Crippen molar-refractivity contribution < 1.29 is 14.7 Å². The van der Waals surface area contributed by atoms with Crippen LogP contribution in [0.3, 0.4) is 0 Å². The summed E-state index contributed by atoms with van der Waals surface area (Å²) >= 11 is 0. The molecule has 1 aliphatic heterocycles. The molecule has 112 valence electrons. The highest BCUT2D eigenvalue weighted by Gasteiger charge is 2.47. The van der Waals surface area contributed by atoms with E-state index in [1.54, 1.807) is 0 Å². The lowest BCUT2D eigenvalue weighted by Gasteiger charge is -2.36. The topological polar surface area (TPSA) is 57.6 Å². The van der Waals surface area contributed by atoms with Crippen molar-refractivity contribution in [2.24, 2.45) is 5.41 Å². The van der Waals surface area contributed by atoms with Crippen LogP contribution in [0.2, 0.25) is 0 Å². The van der Waals surface area contributed by atoms with Crippen LogP contribution in [0.5, 0.6) is 0 Å². The van der Waals surface area contributed by atoms with Crippen LogP contribution in [0.15, 0.2) is 35.6 Å². The molecule has 21 heavy (non-hydrogen) atoms. The molecule has 1 N–H and O–H groups in total. The first kappa shape index (κ1) is 15.3. The third-order valence-corrected chi connectivity index (χ3v) is 3.72. The van der Waals surface area contributed by atoms with Gasteiger partial charge in [-0.15, -0.1) is 0 Å². The van der Waals surface area contributed by atoms with E-state index in [0.29, 0.717) is 5.69 Å². The Hall–Kier alpha value is -2.10. The van der Waals surface area contributed by atoms with Gasteiger partial charge in [-0.1, -0.05) is 38.5 Å². The highest BCUT2D eigenvalue weighted by atomic mass is 16.3. The van der Waals surface area contributed by atoms with Crippen molar-refractivity contribution in [3.63, 3.8) is 0 Å². The van der Waals surface area contributed by atoms with Gasteiger partial charge in [-0.05, 0) is 31.4 Å². The number of aliphatic hydroxyl groups is 1. The zero-order valence-corrected chi connectivity index (χ0v) is 13.1. The number of carbonyl (C=O) groups is 2. The smallest absolute Gasteiger partial charge is 0.294 e. The average molecular weight is 287 g/mol. The van der Waals surface area contributed by atoms with Gasteiger partial charge < -0.3 is 5.11 Å². The maximum Gasteiger partial charge on any atom is 0.294 e. The summed E-state index contributed by atoms with van der Waals surface area (Å²) < 4.78 is 0. The molecule has 0 spiro atoms. The number of anilines is 1. The molecule has 4 heteroatoms. The second-order valence-corrected chi connectivity index (χ2v) is 6.60. The molecule has 4 nitrogen and oxygen atoms in total. The van der Waals surface area contributed by atoms with E-state index in [2.05, 4.69) is 0 Å². The number of ketones is 1.